The van der Waals surface area contributed by atoms with Crippen LogP contribution >= 0.6 is 23.2 Å². The van der Waals surface area contributed by atoms with Crippen LogP contribution in [0.25, 0.3) is 11.3 Å². The van der Waals surface area contributed by atoms with Gasteiger partial charge in [0.2, 0.25) is 6.41 Å². The second-order valence-electron chi connectivity index (χ2n) is 6.25. The molecule has 1 heterocycles. The molecule has 27 heavy (non-hydrogen) atoms. The van der Waals surface area contributed by atoms with Crippen molar-refractivity contribution in [3.8, 4) is 11.3 Å². The van der Waals surface area contributed by atoms with Crippen molar-refractivity contribution < 1.29 is 4.79 Å². The number of hydrogen-bond acceptors (Lipinski definition) is 3. The molecule has 1 aromatic heterocycles. The molecule has 0 saturated heterocycles. The molecule has 0 fully saturated rings. The van der Waals surface area contributed by atoms with E-state index in [-0.39, 0.29) is 6.04 Å². The Morgan fingerprint density at radius 2 is 1.89 bits per heavy atom. The number of fused-ring (bicyclic) bond motifs is 1. The predicted molar refractivity (Wildman–Crippen MR) is 109 cm³/mol. The largest absolute Gasteiger partial charge is 0.352 e. The van der Waals surface area contributed by atoms with E-state index < -0.39 is 0 Å². The molecule has 3 aromatic rings. The van der Waals surface area contributed by atoms with Crippen LogP contribution in [0.15, 0.2) is 54.9 Å². The van der Waals surface area contributed by atoms with E-state index in [1.807, 2.05) is 31.2 Å². The molecule has 6 heteroatoms. The first-order chi connectivity index (χ1) is 13.1. The maximum atomic E-state index is 10.3. The zero-order chi connectivity index (χ0) is 19.2. The summed E-state index contributed by atoms with van der Waals surface area (Å²) in [5, 5.41) is 3.90. The first-order valence-corrected chi connectivity index (χ1v) is 9.35. The van der Waals surface area contributed by atoms with Crippen molar-refractivity contribution in [3.63, 3.8) is 0 Å². The lowest BCUT2D eigenvalue weighted by molar-refractivity contribution is -0.110. The summed E-state index contributed by atoms with van der Waals surface area (Å²) in [6.45, 7) is 1.92. The lowest BCUT2D eigenvalue weighted by atomic mass is 10.1. The maximum absolute atomic E-state index is 10.3. The third-order valence-electron chi connectivity index (χ3n) is 4.42. The maximum Gasteiger partial charge on any atom is 0.207 e. The molecule has 0 radical (unpaired) electrons. The van der Waals surface area contributed by atoms with Crippen LogP contribution in [0.3, 0.4) is 0 Å². The average molecular weight is 400 g/mol. The first kappa shape index (κ1) is 19.3. The second-order valence-corrected chi connectivity index (χ2v) is 7.06. The molecule has 4 nitrogen and oxygen atoms in total. The summed E-state index contributed by atoms with van der Waals surface area (Å²) < 4.78 is 0. The van der Waals surface area contributed by atoms with Gasteiger partial charge in [-0.1, -0.05) is 53.5 Å². The van der Waals surface area contributed by atoms with Gasteiger partial charge in [0.25, 0.3) is 0 Å². The minimum atomic E-state index is 0.249. The normalized spacial score (nSPS) is 14.7. The van der Waals surface area contributed by atoms with E-state index in [4.69, 9.17) is 23.2 Å². The third-order valence-corrected chi connectivity index (χ3v) is 5.16. The molecule has 0 saturated carbocycles. The highest BCUT2D eigenvalue weighted by Gasteiger charge is 2.20. The highest BCUT2D eigenvalue weighted by Crippen LogP contribution is 2.30. The molecule has 0 aliphatic heterocycles. The van der Waals surface area contributed by atoms with Crippen LogP contribution in [0.5, 0.6) is 0 Å². The van der Waals surface area contributed by atoms with Gasteiger partial charge in [-0.15, -0.1) is 0 Å². The molecule has 138 valence electrons. The van der Waals surface area contributed by atoms with Crippen LogP contribution in [-0.4, -0.2) is 16.4 Å². The van der Waals surface area contributed by atoms with Crippen LogP contribution in [0, 0.1) is 6.92 Å². The summed E-state index contributed by atoms with van der Waals surface area (Å²) in [6.07, 6.45) is 4.44. The molecule has 4 rings (SSSR count). The standard InChI is InChI=1S/C11H8Cl2N2.C10H11NO/c1-7-4-11(15-6-14-7)8-2-3-9(12)10(13)5-8;12-7-11-10-6-5-8-3-1-2-4-9(8)10/h2-6H,1H3;1-4,7,10H,5-6H2,(H,11,12). The number of hydrogen-bond donors (Lipinski definition) is 1. The average Bonchev–Trinajstić information content (AvgIpc) is 3.08. The van der Waals surface area contributed by atoms with Gasteiger partial charge in [0.15, 0.2) is 0 Å². The van der Waals surface area contributed by atoms with E-state index in [1.165, 1.54) is 17.5 Å². The number of benzene rings is 2. The lowest BCUT2D eigenvalue weighted by Gasteiger charge is -2.08. The molecule has 1 unspecified atom stereocenters. The van der Waals surface area contributed by atoms with Crippen molar-refractivity contribution >= 4 is 29.6 Å². The Hall–Kier alpha value is -2.43. The van der Waals surface area contributed by atoms with Crippen LogP contribution in [-0.2, 0) is 11.2 Å². The fourth-order valence-electron chi connectivity index (χ4n) is 3.08. The number of carbonyl (C=O) groups is 1. The summed E-state index contributed by atoms with van der Waals surface area (Å²) in [6, 6.07) is 15.9. The fraction of sp³-hybridized carbons (Fsp3) is 0.190. The molecule has 1 N–H and O–H groups in total. The number of nitrogens with zero attached hydrogens (tertiary/aromatic N) is 2. The summed E-state index contributed by atoms with van der Waals surface area (Å²) in [7, 11) is 0. The molecule has 2 aromatic carbocycles. The Morgan fingerprint density at radius 1 is 1.07 bits per heavy atom. The molecule has 0 spiro atoms. The molecule has 1 aliphatic rings. The number of halogens is 2. The van der Waals surface area contributed by atoms with Crippen LogP contribution in [0.4, 0.5) is 0 Å². The van der Waals surface area contributed by atoms with Crippen LogP contribution in [0.1, 0.15) is 29.3 Å². The second kappa shape index (κ2) is 8.98. The SMILES string of the molecule is Cc1cc(-c2ccc(Cl)c(Cl)c2)ncn1.O=CNC1CCc2ccccc21. The van der Waals surface area contributed by atoms with Crippen LogP contribution in [0.2, 0.25) is 10.0 Å². The number of aromatic nitrogens is 2. The molecule has 1 amide bonds. The Balaban J connectivity index is 0.000000159. The molecule has 0 bridgehead atoms. The van der Waals surface area contributed by atoms with Gasteiger partial charge in [0.1, 0.15) is 6.33 Å². The summed E-state index contributed by atoms with van der Waals surface area (Å²) in [5.74, 6) is 0. The summed E-state index contributed by atoms with van der Waals surface area (Å²) >= 11 is 11.8. The minimum Gasteiger partial charge on any atom is -0.352 e. The highest BCUT2D eigenvalue weighted by atomic mass is 35.5. The van der Waals surface area contributed by atoms with E-state index in [0.717, 1.165) is 36.2 Å². The Bertz CT molecular complexity index is 946. The van der Waals surface area contributed by atoms with Crippen molar-refractivity contribution in [2.75, 3.05) is 0 Å². The summed E-state index contributed by atoms with van der Waals surface area (Å²) in [5.41, 5.74) is 5.36. The van der Waals surface area contributed by atoms with Crippen molar-refractivity contribution in [2.45, 2.75) is 25.8 Å². The number of nitrogens with one attached hydrogen (secondary N) is 1. The Kier molecular flexibility index (Phi) is 6.43. The zero-order valence-electron chi connectivity index (χ0n) is 14.8. The third kappa shape index (κ3) is 4.85. The molecule has 1 atom stereocenters. The number of rotatable bonds is 3. The smallest absolute Gasteiger partial charge is 0.207 e. The quantitative estimate of drug-likeness (QED) is 0.617. The van der Waals surface area contributed by atoms with Gasteiger partial charge in [-0.05, 0) is 49.1 Å². The van der Waals surface area contributed by atoms with Crippen molar-refractivity contribution in [1.29, 1.82) is 0 Å². The van der Waals surface area contributed by atoms with Gasteiger partial charge in [-0.2, -0.15) is 0 Å². The fourth-order valence-corrected chi connectivity index (χ4v) is 3.38. The number of carbonyl (C=O) groups excluding carboxylic acids is 1. The number of amides is 1. The molecular formula is C21H19Cl2N3O. The predicted octanol–water partition coefficient (Wildman–Crippen LogP) is 5.18. The van der Waals surface area contributed by atoms with Gasteiger partial charge in [0, 0.05) is 11.3 Å². The Labute approximate surface area is 168 Å². The number of aryl methyl sites for hydroxylation is 2. The van der Waals surface area contributed by atoms with Crippen molar-refractivity contribution in [3.05, 3.63) is 81.7 Å². The van der Waals surface area contributed by atoms with Crippen molar-refractivity contribution in [2.24, 2.45) is 0 Å². The molecule has 1 aliphatic carbocycles. The van der Waals surface area contributed by atoms with Gasteiger partial charge in [-0.25, -0.2) is 9.97 Å². The highest BCUT2D eigenvalue weighted by molar-refractivity contribution is 6.42. The van der Waals surface area contributed by atoms with Crippen LogP contribution < -0.4 is 5.32 Å². The zero-order valence-corrected chi connectivity index (χ0v) is 16.3. The van der Waals surface area contributed by atoms with E-state index in [0.29, 0.717) is 10.0 Å². The molecular weight excluding hydrogens is 381 g/mol. The monoisotopic (exact) mass is 399 g/mol. The van der Waals surface area contributed by atoms with E-state index in [1.54, 1.807) is 12.1 Å². The van der Waals surface area contributed by atoms with E-state index in [9.17, 15) is 4.79 Å². The van der Waals surface area contributed by atoms with Gasteiger partial charge in [-0.3, -0.25) is 4.79 Å². The first-order valence-electron chi connectivity index (χ1n) is 8.60. The lowest BCUT2D eigenvalue weighted by Crippen LogP contribution is -2.16. The van der Waals surface area contributed by atoms with Gasteiger partial charge >= 0.3 is 0 Å². The van der Waals surface area contributed by atoms with E-state index in [2.05, 4.69) is 27.4 Å². The summed E-state index contributed by atoms with van der Waals surface area (Å²) in [4.78, 5) is 18.5. The minimum absolute atomic E-state index is 0.249. The van der Waals surface area contributed by atoms with Gasteiger partial charge < -0.3 is 5.32 Å². The topological polar surface area (TPSA) is 54.9 Å². The Morgan fingerprint density at radius 3 is 2.63 bits per heavy atom. The van der Waals surface area contributed by atoms with E-state index >= 15 is 0 Å². The van der Waals surface area contributed by atoms with Gasteiger partial charge in [0.05, 0.1) is 21.8 Å². The van der Waals surface area contributed by atoms with Crippen molar-refractivity contribution in [1.82, 2.24) is 15.3 Å².